The normalized spacial score (nSPS) is 11.2. The molecule has 4 heteroatoms. The minimum absolute atomic E-state index is 0. The van der Waals surface area contributed by atoms with E-state index in [1.54, 1.807) is 0 Å². The quantitative estimate of drug-likeness (QED) is 0.142. The van der Waals surface area contributed by atoms with Crippen molar-refractivity contribution in [2.24, 2.45) is 0 Å². The number of nitrogens with zero attached hydrogens (tertiary/aromatic N) is 1. The molecule has 0 fully saturated rings. The van der Waals surface area contributed by atoms with E-state index in [4.69, 9.17) is 4.74 Å². The molecule has 0 amide bonds. The fourth-order valence-electron chi connectivity index (χ4n) is 3.93. The third-order valence-electron chi connectivity index (χ3n) is 6.01. The first-order valence-electron chi connectivity index (χ1n) is 12.5. The first-order chi connectivity index (χ1) is 14.4. The standard InChI is InChI=1S/C27H48NO2.ClH/c1-5-6-7-8-9-10-11-12-13-14-15-16-23-28(3,4)24-17-18-27(29)30-26-21-19-25(2)20-22-26;/h19-22H,5-18,23-24H2,1-4H3;1H/q+1;/p-1. The molecule has 0 aliphatic rings. The van der Waals surface area contributed by atoms with Gasteiger partial charge in [-0.25, -0.2) is 0 Å². The van der Waals surface area contributed by atoms with Gasteiger partial charge in [-0.15, -0.1) is 0 Å². The zero-order valence-electron chi connectivity index (χ0n) is 20.8. The van der Waals surface area contributed by atoms with E-state index in [0.29, 0.717) is 12.2 Å². The van der Waals surface area contributed by atoms with E-state index in [1.165, 1.54) is 89.2 Å². The van der Waals surface area contributed by atoms with E-state index in [9.17, 15) is 4.79 Å². The summed E-state index contributed by atoms with van der Waals surface area (Å²) < 4.78 is 6.41. The lowest BCUT2D eigenvalue weighted by molar-refractivity contribution is -0.890. The summed E-state index contributed by atoms with van der Waals surface area (Å²) in [6, 6.07) is 7.66. The highest BCUT2D eigenvalue weighted by Gasteiger charge is 2.15. The Morgan fingerprint density at radius 1 is 0.742 bits per heavy atom. The van der Waals surface area contributed by atoms with Crippen molar-refractivity contribution in [1.82, 2.24) is 0 Å². The molecule has 0 bridgehead atoms. The van der Waals surface area contributed by atoms with E-state index in [1.807, 2.05) is 31.2 Å². The Labute approximate surface area is 198 Å². The Hall–Kier alpha value is -1.06. The number of ether oxygens (including phenoxy) is 1. The summed E-state index contributed by atoms with van der Waals surface area (Å²) >= 11 is 0. The maximum atomic E-state index is 12.0. The van der Waals surface area contributed by atoms with Gasteiger partial charge in [0.25, 0.3) is 0 Å². The fourth-order valence-corrected chi connectivity index (χ4v) is 3.93. The molecule has 0 aliphatic heterocycles. The Balaban J connectivity index is 0.00000900. The lowest BCUT2D eigenvalue weighted by atomic mass is 10.1. The van der Waals surface area contributed by atoms with Crippen LogP contribution in [0.5, 0.6) is 5.75 Å². The number of aryl methyl sites for hydroxylation is 1. The molecule has 0 aromatic heterocycles. The van der Waals surface area contributed by atoms with Gasteiger partial charge in [0.15, 0.2) is 0 Å². The first kappa shape index (κ1) is 29.9. The van der Waals surface area contributed by atoms with Gasteiger partial charge in [-0.1, -0.05) is 88.8 Å². The van der Waals surface area contributed by atoms with Gasteiger partial charge in [0.2, 0.25) is 0 Å². The van der Waals surface area contributed by atoms with Crippen molar-refractivity contribution in [2.45, 2.75) is 104 Å². The van der Waals surface area contributed by atoms with Crippen LogP contribution in [0.3, 0.4) is 0 Å². The first-order valence-corrected chi connectivity index (χ1v) is 12.5. The summed E-state index contributed by atoms with van der Waals surface area (Å²) in [7, 11) is 4.56. The van der Waals surface area contributed by atoms with Crippen molar-refractivity contribution >= 4 is 5.97 Å². The summed E-state index contributed by atoms with van der Waals surface area (Å²) in [5.74, 6) is 0.528. The van der Waals surface area contributed by atoms with Crippen LogP contribution < -0.4 is 17.1 Å². The van der Waals surface area contributed by atoms with Crippen molar-refractivity contribution in [3.63, 3.8) is 0 Å². The lowest BCUT2D eigenvalue weighted by Gasteiger charge is -2.29. The Morgan fingerprint density at radius 3 is 1.71 bits per heavy atom. The largest absolute Gasteiger partial charge is 1.00 e. The van der Waals surface area contributed by atoms with Crippen LogP contribution >= 0.6 is 0 Å². The molecule has 0 radical (unpaired) electrons. The van der Waals surface area contributed by atoms with Crippen LogP contribution in [-0.4, -0.2) is 37.6 Å². The smallest absolute Gasteiger partial charge is 0.311 e. The number of halogens is 1. The summed E-state index contributed by atoms with van der Waals surface area (Å²) in [6.07, 6.45) is 18.1. The van der Waals surface area contributed by atoms with Crippen LogP contribution in [0.4, 0.5) is 0 Å². The number of quaternary nitrogens is 1. The number of hydrogen-bond acceptors (Lipinski definition) is 2. The van der Waals surface area contributed by atoms with E-state index in [0.717, 1.165) is 17.4 Å². The molecule has 0 atom stereocenters. The molecule has 1 rings (SSSR count). The van der Waals surface area contributed by atoms with Gasteiger partial charge in [-0.05, 0) is 31.9 Å². The number of hydrogen-bond donors (Lipinski definition) is 0. The highest BCUT2D eigenvalue weighted by atomic mass is 35.5. The predicted octanol–water partition coefficient (Wildman–Crippen LogP) is 4.46. The molecule has 31 heavy (non-hydrogen) atoms. The number of carbonyl (C=O) groups is 1. The highest BCUT2D eigenvalue weighted by Crippen LogP contribution is 2.14. The highest BCUT2D eigenvalue weighted by molar-refractivity contribution is 5.72. The molecule has 0 unspecified atom stereocenters. The summed E-state index contributed by atoms with van der Waals surface area (Å²) in [4.78, 5) is 12.0. The molecule has 0 N–H and O–H groups in total. The van der Waals surface area contributed by atoms with Gasteiger partial charge < -0.3 is 21.6 Å². The minimum Gasteiger partial charge on any atom is -1.00 e. The maximum absolute atomic E-state index is 12.0. The van der Waals surface area contributed by atoms with Gasteiger partial charge in [-0.3, -0.25) is 4.79 Å². The molecule has 0 saturated carbocycles. The number of benzene rings is 1. The SMILES string of the molecule is CCCCCCCCCCCCCC[N+](C)(C)CCCC(=O)Oc1ccc(C)cc1.[Cl-]. The van der Waals surface area contributed by atoms with Gasteiger partial charge in [-0.2, -0.15) is 0 Å². The second kappa shape index (κ2) is 18.5. The van der Waals surface area contributed by atoms with Gasteiger partial charge >= 0.3 is 5.97 Å². The Bertz CT molecular complexity index is 557. The van der Waals surface area contributed by atoms with E-state index in [2.05, 4.69) is 21.0 Å². The van der Waals surface area contributed by atoms with Crippen molar-refractivity contribution < 1.29 is 26.4 Å². The molecule has 0 spiro atoms. The second-order valence-corrected chi connectivity index (χ2v) is 9.66. The van der Waals surface area contributed by atoms with Crippen molar-refractivity contribution in [2.75, 3.05) is 27.2 Å². The van der Waals surface area contributed by atoms with Gasteiger partial charge in [0, 0.05) is 6.42 Å². The van der Waals surface area contributed by atoms with E-state index in [-0.39, 0.29) is 18.4 Å². The van der Waals surface area contributed by atoms with Crippen LogP contribution in [0.2, 0.25) is 0 Å². The molecule has 0 heterocycles. The number of rotatable bonds is 18. The average Bonchev–Trinajstić information content (AvgIpc) is 2.70. The van der Waals surface area contributed by atoms with Crippen LogP contribution in [0.25, 0.3) is 0 Å². The molecule has 0 saturated heterocycles. The van der Waals surface area contributed by atoms with Crippen molar-refractivity contribution in [3.8, 4) is 5.75 Å². The third kappa shape index (κ3) is 17.2. The van der Waals surface area contributed by atoms with Gasteiger partial charge in [0.1, 0.15) is 5.75 Å². The summed E-state index contributed by atoms with van der Waals surface area (Å²) in [6.45, 7) is 6.54. The molecular weight excluding hydrogens is 406 g/mol. The molecule has 0 aliphatic carbocycles. The second-order valence-electron chi connectivity index (χ2n) is 9.66. The van der Waals surface area contributed by atoms with Gasteiger partial charge in [0.05, 0.1) is 33.6 Å². The third-order valence-corrected chi connectivity index (χ3v) is 6.01. The van der Waals surface area contributed by atoms with Crippen molar-refractivity contribution in [3.05, 3.63) is 29.8 Å². The van der Waals surface area contributed by atoms with Crippen LogP contribution in [0, 0.1) is 6.92 Å². The van der Waals surface area contributed by atoms with Crippen LogP contribution in [0.15, 0.2) is 24.3 Å². The molecule has 3 nitrogen and oxygen atoms in total. The summed E-state index contributed by atoms with van der Waals surface area (Å²) in [5.41, 5.74) is 1.17. The zero-order chi connectivity index (χ0) is 22.1. The minimum atomic E-state index is -0.121. The monoisotopic (exact) mass is 453 g/mol. The maximum Gasteiger partial charge on any atom is 0.311 e. The summed E-state index contributed by atoms with van der Waals surface area (Å²) in [5, 5.41) is 0. The number of esters is 1. The van der Waals surface area contributed by atoms with E-state index >= 15 is 0 Å². The Kier molecular flexibility index (Phi) is 17.9. The molecule has 180 valence electrons. The van der Waals surface area contributed by atoms with Crippen LogP contribution in [-0.2, 0) is 4.79 Å². The fraction of sp³-hybridized carbons (Fsp3) is 0.741. The Morgan fingerprint density at radius 2 is 1.19 bits per heavy atom. The number of carbonyl (C=O) groups excluding carboxylic acids is 1. The predicted molar refractivity (Wildman–Crippen MR) is 129 cm³/mol. The molecule has 1 aromatic rings. The molecule has 1 aromatic carbocycles. The topological polar surface area (TPSA) is 26.3 Å². The average molecular weight is 454 g/mol. The zero-order valence-corrected chi connectivity index (χ0v) is 21.5. The molecular formula is C27H48ClNO2. The lowest BCUT2D eigenvalue weighted by Crippen LogP contribution is -3.00. The van der Waals surface area contributed by atoms with Crippen molar-refractivity contribution in [1.29, 1.82) is 0 Å². The number of unbranched alkanes of at least 4 members (excludes halogenated alkanes) is 11. The van der Waals surface area contributed by atoms with E-state index < -0.39 is 0 Å². The van der Waals surface area contributed by atoms with Crippen LogP contribution in [0.1, 0.15) is 102 Å².